The monoisotopic (exact) mass is 562 g/mol. The molecule has 0 saturated carbocycles. The van der Waals surface area contributed by atoms with E-state index in [1.807, 2.05) is 0 Å². The third-order valence-electron chi connectivity index (χ3n) is 5.29. The number of amides is 3. The van der Waals surface area contributed by atoms with Crippen LogP contribution in [0.1, 0.15) is 16.2 Å². The molecule has 2 aliphatic heterocycles. The van der Waals surface area contributed by atoms with E-state index in [1.165, 1.54) is 23.9 Å². The van der Waals surface area contributed by atoms with E-state index >= 15 is 0 Å². The van der Waals surface area contributed by atoms with Crippen molar-refractivity contribution in [1.29, 1.82) is 0 Å². The number of anilines is 1. The van der Waals surface area contributed by atoms with Crippen LogP contribution in [0, 0.1) is 0 Å². The number of nitrogens with zero attached hydrogens (tertiary/aromatic N) is 5. The molecule has 1 fully saturated rings. The highest BCUT2D eigenvalue weighted by Gasteiger charge is 2.53. The number of β-lactam (4-membered cyclic amide) rings is 1. The predicted molar refractivity (Wildman–Crippen MR) is 127 cm³/mol. The zero-order valence-electron chi connectivity index (χ0n) is 19.1. The van der Waals surface area contributed by atoms with Gasteiger partial charge in [-0.1, -0.05) is 5.16 Å². The molecular weight excluding hydrogens is 544 g/mol. The summed E-state index contributed by atoms with van der Waals surface area (Å²) in [4.78, 5) is 69.3. The molecule has 38 heavy (non-hydrogen) atoms. The lowest BCUT2D eigenvalue weighted by Gasteiger charge is -2.50. The fraction of sp³-hybridized carbons (Fsp3) is 0.250. The lowest BCUT2D eigenvalue weighted by atomic mass is 10.0. The van der Waals surface area contributed by atoms with E-state index in [1.54, 1.807) is 17.0 Å². The quantitative estimate of drug-likeness (QED) is 0.0950. The SMILES string of the molecule is NC(=O)c1cc[n+](CC2=C(C(=O)[O-])N3C(=O)C(NC(=O)C(=NOCC(=O)O)c4nsc(N)n4)[C@H]3SC2)cc1. The molecule has 1 unspecified atom stereocenters. The molecular formula is C20H18N8O8S2. The van der Waals surface area contributed by atoms with Crippen molar-refractivity contribution in [2.45, 2.75) is 18.0 Å². The molecule has 0 aromatic carbocycles. The molecule has 6 N–H and O–H groups in total. The van der Waals surface area contributed by atoms with Gasteiger partial charge >= 0.3 is 5.97 Å². The Morgan fingerprint density at radius 3 is 2.61 bits per heavy atom. The van der Waals surface area contributed by atoms with Crippen LogP contribution >= 0.6 is 23.3 Å². The maximum atomic E-state index is 12.9. The molecule has 2 aromatic rings. The Kier molecular flexibility index (Phi) is 7.53. The van der Waals surface area contributed by atoms with Crippen molar-refractivity contribution in [3.63, 3.8) is 0 Å². The van der Waals surface area contributed by atoms with Crippen LogP contribution in [-0.2, 0) is 30.6 Å². The van der Waals surface area contributed by atoms with Crippen molar-refractivity contribution in [2.24, 2.45) is 10.9 Å². The molecule has 2 aliphatic rings. The summed E-state index contributed by atoms with van der Waals surface area (Å²) in [6.07, 6.45) is 3.09. The van der Waals surface area contributed by atoms with Gasteiger partial charge in [0.2, 0.25) is 24.1 Å². The van der Waals surface area contributed by atoms with Crippen molar-refractivity contribution >= 4 is 63.8 Å². The Bertz CT molecular complexity index is 1390. The molecule has 3 amide bonds. The molecule has 16 nitrogen and oxygen atoms in total. The number of oxime groups is 1. The van der Waals surface area contributed by atoms with Crippen molar-refractivity contribution < 1.29 is 43.6 Å². The second-order valence-electron chi connectivity index (χ2n) is 7.79. The number of aliphatic carboxylic acids is 2. The van der Waals surface area contributed by atoms with Gasteiger partial charge in [-0.15, -0.1) is 11.8 Å². The number of thioether (sulfide) groups is 1. The Balaban J connectivity index is 1.52. The third-order valence-corrected chi connectivity index (χ3v) is 7.17. The van der Waals surface area contributed by atoms with Gasteiger partial charge in [0.05, 0.1) is 17.2 Å². The molecule has 0 spiro atoms. The maximum Gasteiger partial charge on any atom is 0.344 e. The molecule has 4 heterocycles. The topological polar surface area (TPSA) is 247 Å². The minimum atomic E-state index is -1.57. The van der Waals surface area contributed by atoms with Gasteiger partial charge in [-0.05, 0) is 0 Å². The number of carbonyl (C=O) groups is 5. The van der Waals surface area contributed by atoms with Crippen molar-refractivity contribution in [3.05, 3.63) is 47.2 Å². The van der Waals surface area contributed by atoms with Crippen molar-refractivity contribution in [2.75, 3.05) is 18.1 Å². The van der Waals surface area contributed by atoms with E-state index in [0.29, 0.717) is 5.57 Å². The largest absolute Gasteiger partial charge is 0.543 e. The maximum absolute atomic E-state index is 12.9. The third kappa shape index (κ3) is 5.39. The molecule has 2 aromatic heterocycles. The van der Waals surface area contributed by atoms with Crippen molar-refractivity contribution in [1.82, 2.24) is 19.6 Å². The average Bonchev–Trinajstić information content (AvgIpc) is 3.30. The molecule has 2 atom stereocenters. The van der Waals surface area contributed by atoms with Crippen molar-refractivity contribution in [3.8, 4) is 0 Å². The van der Waals surface area contributed by atoms with E-state index in [4.69, 9.17) is 16.6 Å². The molecule has 18 heteroatoms. The summed E-state index contributed by atoms with van der Waals surface area (Å²) in [7, 11) is 0. The second-order valence-corrected chi connectivity index (χ2v) is 9.68. The number of carbonyl (C=O) groups excluding carboxylic acids is 4. The fourth-order valence-corrected chi connectivity index (χ4v) is 5.39. The first kappa shape index (κ1) is 26.5. The summed E-state index contributed by atoms with van der Waals surface area (Å²) in [6.45, 7) is -0.756. The highest BCUT2D eigenvalue weighted by molar-refractivity contribution is 8.00. The van der Waals surface area contributed by atoms with Crippen LogP contribution in [0.15, 0.2) is 41.0 Å². The number of carboxylic acid groups (broad SMARTS) is 2. The van der Waals surface area contributed by atoms with E-state index in [2.05, 4.69) is 24.7 Å². The molecule has 0 radical (unpaired) electrons. The highest BCUT2D eigenvalue weighted by Crippen LogP contribution is 2.40. The van der Waals surface area contributed by atoms with E-state index in [0.717, 1.165) is 16.4 Å². The normalized spacial score (nSPS) is 18.9. The molecule has 0 bridgehead atoms. The summed E-state index contributed by atoms with van der Waals surface area (Å²) in [5.74, 6) is -5.24. The standard InChI is InChI=1S/C20H18N8O8S2/c21-14(31)8-1-3-27(4-2-8)5-9-7-37-18-12(17(33)28(18)13(9)19(34)35)23-16(32)11(25-36-6-10(29)30)15-24-20(22)38-26-15/h1-4,12,18H,5-7H2,(H6-,21,22,23,24,26,29,30,31,32,34,35)/t12?,18-/m1/s1. The van der Waals surface area contributed by atoms with Crippen LogP contribution < -0.4 is 26.5 Å². The number of primary amides is 1. The van der Waals surface area contributed by atoms with Gasteiger partial charge in [-0.25, -0.2) is 9.36 Å². The summed E-state index contributed by atoms with van der Waals surface area (Å²) in [5, 5.41) is 25.9. The highest BCUT2D eigenvalue weighted by atomic mass is 32.2. The number of nitrogens with two attached hydrogens (primary N) is 2. The Morgan fingerprint density at radius 2 is 2.03 bits per heavy atom. The smallest absolute Gasteiger partial charge is 0.344 e. The first-order chi connectivity index (χ1) is 18.1. The summed E-state index contributed by atoms with van der Waals surface area (Å²) in [5.41, 5.74) is 10.6. The van der Waals surface area contributed by atoms with Crippen LogP contribution in [0.5, 0.6) is 0 Å². The Morgan fingerprint density at radius 1 is 1.32 bits per heavy atom. The lowest BCUT2D eigenvalue weighted by Crippen LogP contribution is -2.71. The first-order valence-corrected chi connectivity index (χ1v) is 12.4. The van der Waals surface area contributed by atoms with Gasteiger partial charge < -0.3 is 36.6 Å². The fourth-order valence-electron chi connectivity index (χ4n) is 3.62. The Hall–Kier alpha value is -4.58. The minimum absolute atomic E-state index is 0.00543. The first-order valence-electron chi connectivity index (χ1n) is 10.6. The number of hydrogen-bond donors (Lipinski definition) is 4. The number of rotatable bonds is 10. The lowest BCUT2D eigenvalue weighted by molar-refractivity contribution is -0.689. The van der Waals surface area contributed by atoms with Crippen LogP contribution in [-0.4, -0.2) is 78.5 Å². The van der Waals surface area contributed by atoms with Gasteiger partial charge in [0.15, 0.2) is 24.1 Å². The molecule has 0 aliphatic carbocycles. The van der Waals surface area contributed by atoms with Gasteiger partial charge in [0, 0.05) is 35.0 Å². The number of aromatic nitrogens is 3. The van der Waals surface area contributed by atoms with Gasteiger partial charge in [0.1, 0.15) is 11.4 Å². The predicted octanol–water partition coefficient (Wildman–Crippen LogP) is -3.58. The number of fused-ring (bicyclic) bond motifs is 1. The number of carboxylic acids is 2. The molecule has 198 valence electrons. The zero-order chi connectivity index (χ0) is 27.6. The van der Waals surface area contributed by atoms with Gasteiger partial charge in [-0.2, -0.15) is 9.36 Å². The van der Waals surface area contributed by atoms with E-state index in [-0.39, 0.29) is 34.5 Å². The van der Waals surface area contributed by atoms with E-state index < -0.39 is 53.4 Å². The van der Waals surface area contributed by atoms with Crippen LogP contribution in [0.25, 0.3) is 0 Å². The number of pyridine rings is 1. The number of nitrogen functional groups attached to an aromatic ring is 1. The van der Waals surface area contributed by atoms with Crippen LogP contribution in [0.3, 0.4) is 0 Å². The Labute approximate surface area is 221 Å². The summed E-state index contributed by atoms with van der Waals surface area (Å²) >= 11 is 1.97. The van der Waals surface area contributed by atoms with E-state index in [9.17, 15) is 29.1 Å². The number of nitrogens with one attached hydrogen (secondary N) is 1. The van der Waals surface area contributed by atoms with Gasteiger partial charge in [-0.3, -0.25) is 19.3 Å². The molecule has 1 saturated heterocycles. The molecule has 4 rings (SSSR count). The minimum Gasteiger partial charge on any atom is -0.543 e. The average molecular weight is 563 g/mol. The summed E-state index contributed by atoms with van der Waals surface area (Å²) in [6, 6.07) is 1.82. The van der Waals surface area contributed by atoms with Crippen LogP contribution in [0.2, 0.25) is 0 Å². The van der Waals surface area contributed by atoms with Gasteiger partial charge in [0.25, 0.3) is 11.8 Å². The number of hydrogen-bond acceptors (Lipinski definition) is 13. The second kappa shape index (κ2) is 10.8. The van der Waals surface area contributed by atoms with Crippen LogP contribution in [0.4, 0.5) is 5.13 Å². The zero-order valence-corrected chi connectivity index (χ0v) is 20.7. The summed E-state index contributed by atoms with van der Waals surface area (Å²) < 4.78 is 5.46.